The van der Waals surface area contributed by atoms with Gasteiger partial charge in [0.05, 0.1) is 0 Å². The molecule has 0 bridgehead atoms. The second kappa shape index (κ2) is 6.96. The quantitative estimate of drug-likeness (QED) is 0.203. The fourth-order valence-electron chi connectivity index (χ4n) is 0.268. The molecule has 0 radical (unpaired) electrons. The maximum absolute atomic E-state index is 4.68. The van der Waals surface area contributed by atoms with Crippen molar-refractivity contribution in [3.05, 3.63) is 12.7 Å². The molecule has 9 heavy (non-hydrogen) atoms. The molecule has 0 aromatic heterocycles. The van der Waals surface area contributed by atoms with Crippen LogP contribution in [0.4, 0.5) is 0 Å². The van der Waals surface area contributed by atoms with E-state index in [1.54, 1.807) is 11.0 Å². The van der Waals surface area contributed by atoms with Gasteiger partial charge in [0, 0.05) is 13.6 Å². The summed E-state index contributed by atoms with van der Waals surface area (Å²) < 4.78 is 0.491. The molecule has 1 nitrogen and oxygen atoms in total. The zero-order valence-corrected chi connectivity index (χ0v) is 9.39. The van der Waals surface area contributed by atoms with E-state index in [2.05, 4.69) is 31.4 Å². The molecular weight excluding hydrogens is 161 g/mol. The van der Waals surface area contributed by atoms with Gasteiger partial charge in [-0.05, 0) is 0 Å². The predicted octanol–water partition coefficient (Wildman–Crippen LogP) is -2.06. The van der Waals surface area contributed by atoms with Crippen molar-refractivity contribution in [3.8, 4) is 0 Å². The molecule has 0 spiro atoms. The molecule has 0 saturated heterocycles. The molecule has 0 aromatic carbocycles. The molecule has 0 amide bonds. The Morgan fingerprint density at radius 3 is 2.44 bits per heavy atom. The molecule has 0 unspecified atom stereocenters. The Morgan fingerprint density at radius 1 is 1.89 bits per heavy atom. The van der Waals surface area contributed by atoms with Gasteiger partial charge in [-0.2, -0.15) is 0 Å². The Labute approximate surface area is 89.2 Å². The maximum atomic E-state index is 4.68. The van der Waals surface area contributed by atoms with Gasteiger partial charge in [0.15, 0.2) is 0 Å². The fraction of sp³-hybridized carbons (Fsp3) is 0.400. The van der Waals surface area contributed by atoms with Gasteiger partial charge in [-0.25, -0.2) is 0 Å². The van der Waals surface area contributed by atoms with Crippen molar-refractivity contribution in [2.24, 2.45) is 0 Å². The summed E-state index contributed by atoms with van der Waals surface area (Å²) >= 11 is 9.35. The topological polar surface area (TPSA) is 3.24 Å². The van der Waals surface area contributed by atoms with E-state index in [9.17, 15) is 0 Å². The van der Waals surface area contributed by atoms with E-state index >= 15 is 0 Å². The zero-order valence-electron chi connectivity index (χ0n) is 5.76. The van der Waals surface area contributed by atoms with Crippen LogP contribution in [0.15, 0.2) is 12.7 Å². The third-order valence-corrected chi connectivity index (χ3v) is 1.34. The number of hydrogen-bond donors (Lipinski definition) is 0. The van der Waals surface area contributed by atoms with Crippen LogP contribution in [0, 0.1) is 0 Å². The largest absolute Gasteiger partial charge is 1.00 e. The molecule has 46 valence electrons. The van der Waals surface area contributed by atoms with E-state index in [0.717, 1.165) is 6.54 Å². The molecule has 0 saturated carbocycles. The molecule has 0 aliphatic carbocycles. The number of hydrogen-bond acceptors (Lipinski definition) is 2. The van der Waals surface area contributed by atoms with Crippen LogP contribution in [-0.2, 0) is 12.6 Å². The van der Waals surface area contributed by atoms with Gasteiger partial charge >= 0.3 is 29.6 Å². The summed E-state index contributed by atoms with van der Waals surface area (Å²) in [6, 6.07) is 0. The smallest absolute Gasteiger partial charge is 0.411 e. The van der Waals surface area contributed by atoms with Crippen molar-refractivity contribution < 1.29 is 29.6 Å². The van der Waals surface area contributed by atoms with Gasteiger partial charge in [0.25, 0.3) is 0 Å². The van der Waals surface area contributed by atoms with Crippen molar-refractivity contribution >= 4 is 29.2 Å². The zero-order chi connectivity index (χ0) is 6.57. The van der Waals surface area contributed by atoms with Crippen LogP contribution in [0.2, 0.25) is 0 Å². The molecule has 0 aromatic rings. The molecule has 0 aliphatic rings. The molecule has 0 heterocycles. The van der Waals surface area contributed by atoms with Gasteiger partial charge < -0.3 is 29.7 Å². The third-order valence-electron chi connectivity index (χ3n) is 0.715. The first-order chi connectivity index (χ1) is 3.68. The maximum Gasteiger partial charge on any atom is 1.00 e. The van der Waals surface area contributed by atoms with E-state index in [4.69, 9.17) is 0 Å². The molecule has 0 N–H and O–H groups in total. The van der Waals surface area contributed by atoms with Crippen molar-refractivity contribution in [2.45, 2.75) is 0 Å². The van der Waals surface area contributed by atoms with Crippen LogP contribution in [0.3, 0.4) is 0 Å². The monoisotopic (exact) mass is 169 g/mol. The number of nitrogens with zero attached hydrogens (tertiary/aromatic N) is 1. The van der Waals surface area contributed by atoms with Crippen molar-refractivity contribution in [2.75, 3.05) is 13.6 Å². The Hall–Kier alpha value is 0.850. The van der Waals surface area contributed by atoms with E-state index in [1.807, 2.05) is 7.05 Å². The van der Waals surface area contributed by atoms with Gasteiger partial charge in [-0.1, -0.05) is 10.4 Å². The standard InChI is InChI=1S/C5H9NS2.Na/c1-3-4-6(2)5(7)8;/h3H,1,4H2,2H3,(H,7,8);/q;+1/p-1. The van der Waals surface area contributed by atoms with E-state index in [0.29, 0.717) is 4.32 Å². The Balaban J connectivity index is 0. The number of rotatable bonds is 2. The normalized spacial score (nSPS) is 7.22. The van der Waals surface area contributed by atoms with Crippen LogP contribution in [0.5, 0.6) is 0 Å². The second-order valence-corrected chi connectivity index (χ2v) is 2.47. The number of thiocarbonyl (C=S) groups is 1. The molecular formula is C5H8NNaS2. The van der Waals surface area contributed by atoms with E-state index in [1.165, 1.54) is 0 Å². The molecule has 0 fully saturated rings. The van der Waals surface area contributed by atoms with E-state index in [-0.39, 0.29) is 29.6 Å². The van der Waals surface area contributed by atoms with Crippen LogP contribution in [-0.4, -0.2) is 22.8 Å². The first-order valence-electron chi connectivity index (χ1n) is 2.21. The molecule has 0 rings (SSSR count). The summed E-state index contributed by atoms with van der Waals surface area (Å²) in [5.74, 6) is 0. The van der Waals surface area contributed by atoms with Gasteiger partial charge in [0.1, 0.15) is 0 Å². The van der Waals surface area contributed by atoms with Gasteiger partial charge in [-0.15, -0.1) is 6.58 Å². The summed E-state index contributed by atoms with van der Waals surface area (Å²) in [5.41, 5.74) is 0. The Kier molecular flexibility index (Phi) is 9.69. The second-order valence-electron chi connectivity index (χ2n) is 1.44. The minimum Gasteiger partial charge on any atom is -0.411 e. The van der Waals surface area contributed by atoms with Gasteiger partial charge in [-0.3, -0.25) is 0 Å². The van der Waals surface area contributed by atoms with Crippen LogP contribution in [0.1, 0.15) is 0 Å². The van der Waals surface area contributed by atoms with Crippen molar-refractivity contribution in [1.82, 2.24) is 4.90 Å². The first kappa shape index (κ1) is 12.5. The summed E-state index contributed by atoms with van der Waals surface area (Å²) in [7, 11) is 1.84. The predicted molar refractivity (Wildman–Crippen MR) is 42.8 cm³/mol. The van der Waals surface area contributed by atoms with Crippen LogP contribution in [0.25, 0.3) is 0 Å². The van der Waals surface area contributed by atoms with Crippen LogP contribution >= 0.6 is 12.2 Å². The first-order valence-corrected chi connectivity index (χ1v) is 3.03. The third kappa shape index (κ3) is 6.74. The minimum absolute atomic E-state index is 0. The average Bonchev–Trinajstić information content (AvgIpc) is 1.67. The SMILES string of the molecule is C=CCN(C)C(=S)[S-].[Na+]. The minimum atomic E-state index is 0. The summed E-state index contributed by atoms with van der Waals surface area (Å²) in [6.07, 6.45) is 1.76. The van der Waals surface area contributed by atoms with Gasteiger partial charge in [0.2, 0.25) is 0 Å². The van der Waals surface area contributed by atoms with Crippen molar-refractivity contribution in [1.29, 1.82) is 0 Å². The fourth-order valence-corrected chi connectivity index (χ4v) is 0.417. The number of likely N-dealkylation sites (N-methyl/N-ethyl adjacent to an activating group) is 1. The summed E-state index contributed by atoms with van der Waals surface area (Å²) in [4.78, 5) is 1.78. The Morgan fingerprint density at radius 2 is 2.33 bits per heavy atom. The Bertz CT molecular complexity index is 105. The van der Waals surface area contributed by atoms with E-state index < -0.39 is 0 Å². The molecule has 4 heteroatoms. The average molecular weight is 169 g/mol. The summed E-state index contributed by atoms with van der Waals surface area (Å²) in [5, 5.41) is 0. The van der Waals surface area contributed by atoms with Crippen molar-refractivity contribution in [3.63, 3.8) is 0 Å². The molecule has 0 atom stereocenters. The summed E-state index contributed by atoms with van der Waals surface area (Å²) in [6.45, 7) is 4.27. The molecule has 0 aliphatic heterocycles. The van der Waals surface area contributed by atoms with Crippen LogP contribution < -0.4 is 29.6 Å².